The van der Waals surface area contributed by atoms with E-state index in [-0.39, 0.29) is 18.3 Å². The lowest BCUT2D eigenvalue weighted by atomic mass is 9.98. The quantitative estimate of drug-likeness (QED) is 0.857. The van der Waals surface area contributed by atoms with Crippen molar-refractivity contribution in [3.05, 3.63) is 64.7 Å². The number of sulfonamides is 1. The van der Waals surface area contributed by atoms with Gasteiger partial charge in [-0.1, -0.05) is 12.1 Å². The molecule has 1 N–H and O–H groups in total. The van der Waals surface area contributed by atoms with Gasteiger partial charge in [-0.3, -0.25) is 9.78 Å². The van der Waals surface area contributed by atoms with Crippen molar-refractivity contribution in [2.24, 2.45) is 0 Å². The second-order valence-electron chi connectivity index (χ2n) is 6.30. The molecule has 1 aliphatic heterocycles. The normalized spacial score (nSPS) is 14.7. The van der Waals surface area contributed by atoms with E-state index < -0.39 is 10.0 Å². The van der Waals surface area contributed by atoms with Crippen molar-refractivity contribution in [1.29, 1.82) is 0 Å². The lowest BCUT2D eigenvalue weighted by Gasteiger charge is -2.27. The minimum Gasteiger partial charge on any atom is -0.352 e. The molecule has 0 saturated carbocycles. The summed E-state index contributed by atoms with van der Waals surface area (Å²) >= 11 is 0. The number of nitrogens with zero attached hydrogens (tertiary/aromatic N) is 2. The molecule has 2 aromatic rings. The Bertz CT molecular complexity index is 914. The van der Waals surface area contributed by atoms with Gasteiger partial charge in [-0.15, -0.1) is 0 Å². The maximum absolute atomic E-state index is 12.9. The van der Waals surface area contributed by atoms with E-state index in [1.165, 1.54) is 28.9 Å². The van der Waals surface area contributed by atoms with Crippen LogP contribution in [0.25, 0.3) is 0 Å². The molecule has 0 saturated heterocycles. The van der Waals surface area contributed by atoms with E-state index in [2.05, 4.69) is 10.3 Å². The Kier molecular flexibility index (Phi) is 5.33. The number of hydrogen-bond donors (Lipinski definition) is 1. The van der Waals surface area contributed by atoms with Crippen LogP contribution in [0.15, 0.2) is 36.7 Å². The molecule has 1 aromatic heterocycles. The second-order valence-corrected chi connectivity index (χ2v) is 8.29. The number of carbonyl (C=O) groups is 1. The Balaban J connectivity index is 1.66. The van der Waals surface area contributed by atoms with Crippen molar-refractivity contribution < 1.29 is 17.6 Å². The van der Waals surface area contributed by atoms with Crippen LogP contribution < -0.4 is 5.32 Å². The van der Waals surface area contributed by atoms with E-state index in [1.807, 2.05) is 0 Å². The fraction of sp³-hybridized carbons (Fsp3) is 0.333. The van der Waals surface area contributed by atoms with Gasteiger partial charge < -0.3 is 5.32 Å². The number of nitrogens with one attached hydrogen (secondary N) is 1. The average Bonchev–Trinajstić information content (AvgIpc) is 2.61. The summed E-state index contributed by atoms with van der Waals surface area (Å²) in [6, 6.07) is 6.16. The average molecular weight is 377 g/mol. The Morgan fingerprint density at radius 3 is 2.69 bits per heavy atom. The topological polar surface area (TPSA) is 79.4 Å². The van der Waals surface area contributed by atoms with Crippen LogP contribution in [0.5, 0.6) is 0 Å². The highest BCUT2D eigenvalue weighted by Gasteiger charge is 2.26. The van der Waals surface area contributed by atoms with Crippen LogP contribution in [-0.4, -0.2) is 43.0 Å². The molecule has 0 atom stereocenters. The van der Waals surface area contributed by atoms with Gasteiger partial charge in [-0.2, -0.15) is 4.31 Å². The molecule has 0 unspecified atom stereocenters. The van der Waals surface area contributed by atoms with Crippen molar-refractivity contribution in [2.75, 3.05) is 19.3 Å². The minimum absolute atomic E-state index is 0.232. The predicted molar refractivity (Wildman–Crippen MR) is 95.6 cm³/mol. The van der Waals surface area contributed by atoms with Gasteiger partial charge in [-0.25, -0.2) is 12.8 Å². The summed E-state index contributed by atoms with van der Waals surface area (Å²) in [5, 5.41) is 2.85. The highest BCUT2D eigenvalue weighted by Crippen LogP contribution is 2.23. The molecule has 138 valence electrons. The van der Waals surface area contributed by atoms with Gasteiger partial charge in [0, 0.05) is 32.0 Å². The zero-order valence-electron chi connectivity index (χ0n) is 14.4. The standard InChI is InChI=1S/C18H20FN3O3S/c1-26(24,25)22-9-7-16-14(12-22)10-20-11-17(16)18(23)21-8-6-13-2-4-15(19)5-3-13/h2-5,10-11H,6-9,12H2,1H3,(H,21,23). The third-order valence-corrected chi connectivity index (χ3v) is 5.68. The van der Waals surface area contributed by atoms with Crippen LogP contribution in [0, 0.1) is 5.82 Å². The summed E-state index contributed by atoms with van der Waals surface area (Å²) in [5.41, 5.74) is 3.02. The molecular formula is C18H20FN3O3S. The van der Waals surface area contributed by atoms with Crippen LogP contribution in [-0.2, 0) is 29.4 Å². The Labute approximate surface area is 152 Å². The van der Waals surface area contributed by atoms with Crippen LogP contribution in [0.4, 0.5) is 4.39 Å². The van der Waals surface area contributed by atoms with Crippen molar-refractivity contribution in [1.82, 2.24) is 14.6 Å². The lowest BCUT2D eigenvalue weighted by molar-refractivity contribution is 0.0952. The number of rotatable bonds is 5. The van der Waals surface area contributed by atoms with Crippen LogP contribution in [0.1, 0.15) is 27.0 Å². The number of halogens is 1. The first-order valence-corrected chi connectivity index (χ1v) is 10.1. The molecular weight excluding hydrogens is 357 g/mol. The number of pyridine rings is 1. The van der Waals surface area contributed by atoms with E-state index in [9.17, 15) is 17.6 Å². The summed E-state index contributed by atoms with van der Waals surface area (Å²) in [5.74, 6) is -0.521. The number of benzene rings is 1. The number of hydrogen-bond acceptors (Lipinski definition) is 4. The first-order chi connectivity index (χ1) is 12.3. The predicted octanol–water partition coefficient (Wildman–Crippen LogP) is 1.51. The van der Waals surface area contributed by atoms with Crippen molar-refractivity contribution in [2.45, 2.75) is 19.4 Å². The molecule has 0 aliphatic carbocycles. The molecule has 1 aliphatic rings. The van der Waals surface area contributed by atoms with E-state index in [0.717, 1.165) is 16.7 Å². The van der Waals surface area contributed by atoms with E-state index >= 15 is 0 Å². The zero-order valence-corrected chi connectivity index (χ0v) is 15.2. The largest absolute Gasteiger partial charge is 0.352 e. The maximum atomic E-state index is 12.9. The van der Waals surface area contributed by atoms with E-state index in [0.29, 0.717) is 31.5 Å². The Morgan fingerprint density at radius 1 is 1.27 bits per heavy atom. The van der Waals surface area contributed by atoms with Crippen molar-refractivity contribution in [3.63, 3.8) is 0 Å². The third-order valence-electron chi connectivity index (χ3n) is 4.43. The summed E-state index contributed by atoms with van der Waals surface area (Å²) < 4.78 is 37.7. The van der Waals surface area contributed by atoms with Crippen LogP contribution in [0.3, 0.4) is 0 Å². The molecule has 0 spiro atoms. The fourth-order valence-electron chi connectivity index (χ4n) is 3.01. The van der Waals surface area contributed by atoms with Gasteiger partial charge in [0.25, 0.3) is 5.91 Å². The molecule has 0 fully saturated rings. The summed E-state index contributed by atoms with van der Waals surface area (Å²) in [6.07, 6.45) is 5.38. The fourth-order valence-corrected chi connectivity index (χ4v) is 3.81. The molecule has 2 heterocycles. The van der Waals surface area contributed by atoms with Gasteiger partial charge >= 0.3 is 0 Å². The van der Waals surface area contributed by atoms with Gasteiger partial charge in [0.1, 0.15) is 5.82 Å². The van der Waals surface area contributed by atoms with Gasteiger partial charge in [-0.05, 0) is 41.7 Å². The van der Waals surface area contributed by atoms with E-state index in [4.69, 9.17) is 0 Å². The molecule has 1 amide bonds. The zero-order chi connectivity index (χ0) is 18.7. The maximum Gasteiger partial charge on any atom is 0.253 e. The number of fused-ring (bicyclic) bond motifs is 1. The van der Waals surface area contributed by atoms with Crippen LogP contribution in [0.2, 0.25) is 0 Å². The highest BCUT2D eigenvalue weighted by atomic mass is 32.2. The molecule has 0 bridgehead atoms. The van der Waals surface area contributed by atoms with Crippen molar-refractivity contribution in [3.8, 4) is 0 Å². The number of aromatic nitrogens is 1. The molecule has 6 nitrogen and oxygen atoms in total. The first-order valence-electron chi connectivity index (χ1n) is 8.28. The van der Waals surface area contributed by atoms with E-state index in [1.54, 1.807) is 18.3 Å². The molecule has 8 heteroatoms. The second kappa shape index (κ2) is 7.51. The SMILES string of the molecule is CS(=O)(=O)N1CCc2c(cncc2C(=O)NCCc2ccc(F)cc2)C1. The smallest absolute Gasteiger partial charge is 0.253 e. The lowest BCUT2D eigenvalue weighted by Crippen LogP contribution is -2.36. The molecule has 1 aromatic carbocycles. The number of carbonyl (C=O) groups excluding carboxylic acids is 1. The third kappa shape index (κ3) is 4.25. The van der Waals surface area contributed by atoms with Gasteiger partial charge in [0.2, 0.25) is 10.0 Å². The minimum atomic E-state index is -3.27. The monoisotopic (exact) mass is 377 g/mol. The summed E-state index contributed by atoms with van der Waals surface area (Å²) in [4.78, 5) is 16.6. The number of amides is 1. The summed E-state index contributed by atoms with van der Waals surface area (Å²) in [7, 11) is -3.27. The highest BCUT2D eigenvalue weighted by molar-refractivity contribution is 7.88. The first kappa shape index (κ1) is 18.5. The Hall–Kier alpha value is -2.32. The Morgan fingerprint density at radius 2 is 2.00 bits per heavy atom. The van der Waals surface area contributed by atoms with Crippen molar-refractivity contribution >= 4 is 15.9 Å². The molecule has 26 heavy (non-hydrogen) atoms. The van der Waals surface area contributed by atoms with Gasteiger partial charge in [0.15, 0.2) is 0 Å². The van der Waals surface area contributed by atoms with Gasteiger partial charge in [0.05, 0.1) is 11.8 Å². The summed E-state index contributed by atoms with van der Waals surface area (Å²) in [6.45, 7) is 1.01. The molecule has 0 radical (unpaired) electrons. The molecule has 3 rings (SSSR count). The van der Waals surface area contributed by atoms with Crippen LogP contribution >= 0.6 is 0 Å².